The molecule has 2 rings (SSSR count). The van der Waals surface area contributed by atoms with Gasteiger partial charge in [0.15, 0.2) is 0 Å². The van der Waals surface area contributed by atoms with Crippen molar-refractivity contribution in [1.29, 1.82) is 0 Å². The molecule has 1 aliphatic heterocycles. The minimum absolute atomic E-state index is 0.0734. The van der Waals surface area contributed by atoms with Crippen molar-refractivity contribution >= 4 is 5.82 Å². The number of aromatic nitrogens is 1. The molecule has 3 heteroatoms. The number of nitrogens with two attached hydrogens (primary N) is 1. The first-order valence-electron chi connectivity index (χ1n) is 4.74. The number of pyridine rings is 1. The molecule has 1 atom stereocenters. The summed E-state index contributed by atoms with van der Waals surface area (Å²) < 4.78 is 0. The van der Waals surface area contributed by atoms with Gasteiger partial charge in [-0.25, -0.2) is 4.98 Å². The molecule has 0 saturated carbocycles. The van der Waals surface area contributed by atoms with Gasteiger partial charge in [0.2, 0.25) is 0 Å². The summed E-state index contributed by atoms with van der Waals surface area (Å²) in [6.07, 6.45) is 3.11. The first-order valence-corrected chi connectivity index (χ1v) is 4.74. The lowest BCUT2D eigenvalue weighted by Crippen LogP contribution is -2.38. The third kappa shape index (κ3) is 1.52. The van der Waals surface area contributed by atoms with E-state index in [-0.39, 0.29) is 6.04 Å². The highest BCUT2D eigenvalue weighted by atomic mass is 15.2. The van der Waals surface area contributed by atoms with Gasteiger partial charge in [-0.2, -0.15) is 0 Å². The molecular formula is C10H15N3. The van der Waals surface area contributed by atoms with Crippen molar-refractivity contribution in [1.82, 2.24) is 4.98 Å². The zero-order valence-corrected chi connectivity index (χ0v) is 7.90. The number of hydrogen-bond donors (Lipinski definition) is 1. The van der Waals surface area contributed by atoms with Crippen LogP contribution in [0.2, 0.25) is 0 Å². The third-order valence-electron chi connectivity index (χ3n) is 2.46. The Balaban J connectivity index is 2.31. The van der Waals surface area contributed by atoms with E-state index in [1.54, 1.807) is 0 Å². The molecule has 0 aromatic carbocycles. The summed E-state index contributed by atoms with van der Waals surface area (Å²) >= 11 is 0. The van der Waals surface area contributed by atoms with Crippen LogP contribution in [0.15, 0.2) is 18.3 Å². The zero-order valence-electron chi connectivity index (χ0n) is 7.90. The van der Waals surface area contributed by atoms with E-state index in [2.05, 4.69) is 16.0 Å². The van der Waals surface area contributed by atoms with Crippen LogP contribution in [0.3, 0.4) is 0 Å². The Morgan fingerprint density at radius 2 is 2.31 bits per heavy atom. The number of rotatable bonds is 2. The second kappa shape index (κ2) is 3.34. The van der Waals surface area contributed by atoms with Gasteiger partial charge in [-0.15, -0.1) is 0 Å². The smallest absolute Gasteiger partial charge is 0.133 e. The van der Waals surface area contributed by atoms with Gasteiger partial charge in [0.1, 0.15) is 5.82 Å². The van der Waals surface area contributed by atoms with Gasteiger partial charge >= 0.3 is 0 Å². The SMILES string of the molecule is C[C@@H](N)c1cccnc1N1CCC1. The van der Waals surface area contributed by atoms with Crippen LogP contribution in [-0.2, 0) is 0 Å². The second-order valence-corrected chi connectivity index (χ2v) is 3.55. The molecule has 0 aliphatic carbocycles. The molecule has 0 radical (unpaired) electrons. The van der Waals surface area contributed by atoms with Gasteiger partial charge in [-0.05, 0) is 19.4 Å². The normalized spacial score (nSPS) is 18.2. The van der Waals surface area contributed by atoms with Crippen molar-refractivity contribution in [3.8, 4) is 0 Å². The van der Waals surface area contributed by atoms with E-state index in [1.165, 1.54) is 6.42 Å². The molecule has 1 saturated heterocycles. The third-order valence-corrected chi connectivity index (χ3v) is 2.46. The molecule has 0 unspecified atom stereocenters. The Kier molecular flexibility index (Phi) is 2.19. The second-order valence-electron chi connectivity index (χ2n) is 3.55. The van der Waals surface area contributed by atoms with Crippen LogP contribution in [0.4, 0.5) is 5.82 Å². The largest absolute Gasteiger partial charge is 0.356 e. The number of nitrogens with zero attached hydrogens (tertiary/aromatic N) is 2. The van der Waals surface area contributed by atoms with Crippen LogP contribution >= 0.6 is 0 Å². The predicted octanol–water partition coefficient (Wildman–Crippen LogP) is 1.31. The summed E-state index contributed by atoms with van der Waals surface area (Å²) in [4.78, 5) is 6.64. The lowest BCUT2D eigenvalue weighted by atomic mass is 10.1. The molecule has 2 heterocycles. The topological polar surface area (TPSA) is 42.1 Å². The Morgan fingerprint density at radius 1 is 1.54 bits per heavy atom. The van der Waals surface area contributed by atoms with Gasteiger partial charge in [0.25, 0.3) is 0 Å². The van der Waals surface area contributed by atoms with Crippen molar-refractivity contribution in [2.45, 2.75) is 19.4 Å². The fraction of sp³-hybridized carbons (Fsp3) is 0.500. The monoisotopic (exact) mass is 177 g/mol. The van der Waals surface area contributed by atoms with Crippen molar-refractivity contribution in [3.63, 3.8) is 0 Å². The van der Waals surface area contributed by atoms with E-state index in [9.17, 15) is 0 Å². The van der Waals surface area contributed by atoms with Crippen LogP contribution in [0.1, 0.15) is 24.9 Å². The van der Waals surface area contributed by atoms with Crippen molar-refractivity contribution in [2.24, 2.45) is 5.73 Å². The molecule has 0 amide bonds. The molecule has 3 nitrogen and oxygen atoms in total. The van der Waals surface area contributed by atoms with E-state index in [0.717, 1.165) is 24.5 Å². The van der Waals surface area contributed by atoms with Gasteiger partial charge in [0.05, 0.1) is 0 Å². The average molecular weight is 177 g/mol. The molecule has 1 aromatic heterocycles. The highest BCUT2D eigenvalue weighted by Gasteiger charge is 2.19. The highest BCUT2D eigenvalue weighted by molar-refractivity contribution is 5.49. The zero-order chi connectivity index (χ0) is 9.26. The van der Waals surface area contributed by atoms with Crippen LogP contribution < -0.4 is 10.6 Å². The van der Waals surface area contributed by atoms with E-state index >= 15 is 0 Å². The first kappa shape index (κ1) is 8.51. The summed E-state index contributed by atoms with van der Waals surface area (Å²) in [7, 11) is 0. The standard InChI is InChI=1S/C10H15N3/c1-8(11)9-4-2-5-12-10(9)13-6-3-7-13/h2,4-5,8H,3,6-7,11H2,1H3/t8-/m1/s1. The summed E-state index contributed by atoms with van der Waals surface area (Å²) in [5.74, 6) is 1.07. The number of anilines is 1. The van der Waals surface area contributed by atoms with Gasteiger partial charge in [0, 0.05) is 30.9 Å². The molecule has 1 aliphatic rings. The Labute approximate surface area is 78.6 Å². The van der Waals surface area contributed by atoms with Crippen molar-refractivity contribution < 1.29 is 0 Å². The molecular weight excluding hydrogens is 162 g/mol. The van der Waals surface area contributed by atoms with E-state index in [4.69, 9.17) is 5.73 Å². The van der Waals surface area contributed by atoms with Crippen LogP contribution in [0, 0.1) is 0 Å². The quantitative estimate of drug-likeness (QED) is 0.740. The average Bonchev–Trinajstić information content (AvgIpc) is 2.02. The van der Waals surface area contributed by atoms with Crippen LogP contribution in [-0.4, -0.2) is 18.1 Å². The molecule has 1 fully saturated rings. The maximum absolute atomic E-state index is 5.86. The molecule has 2 N–H and O–H groups in total. The molecule has 13 heavy (non-hydrogen) atoms. The fourth-order valence-electron chi connectivity index (χ4n) is 1.56. The minimum Gasteiger partial charge on any atom is -0.356 e. The minimum atomic E-state index is 0.0734. The van der Waals surface area contributed by atoms with Crippen molar-refractivity contribution in [3.05, 3.63) is 23.9 Å². The van der Waals surface area contributed by atoms with E-state index in [1.807, 2.05) is 19.2 Å². The highest BCUT2D eigenvalue weighted by Crippen LogP contribution is 2.25. The molecule has 0 spiro atoms. The van der Waals surface area contributed by atoms with Gasteiger partial charge in [-0.1, -0.05) is 6.07 Å². The maximum Gasteiger partial charge on any atom is 0.133 e. The van der Waals surface area contributed by atoms with E-state index in [0.29, 0.717) is 0 Å². The Bertz CT molecular complexity index is 292. The van der Waals surface area contributed by atoms with Crippen LogP contribution in [0.25, 0.3) is 0 Å². The lowest BCUT2D eigenvalue weighted by molar-refractivity contribution is 0.602. The van der Waals surface area contributed by atoms with Crippen molar-refractivity contribution in [2.75, 3.05) is 18.0 Å². The maximum atomic E-state index is 5.86. The summed E-state index contributed by atoms with van der Waals surface area (Å²) in [6, 6.07) is 4.08. The van der Waals surface area contributed by atoms with E-state index < -0.39 is 0 Å². The lowest BCUT2D eigenvalue weighted by Gasteiger charge is -2.34. The Hall–Kier alpha value is -1.09. The van der Waals surface area contributed by atoms with Gasteiger partial charge in [-0.3, -0.25) is 0 Å². The Morgan fingerprint density at radius 3 is 2.85 bits per heavy atom. The first-order chi connectivity index (χ1) is 6.29. The summed E-state index contributed by atoms with van der Waals surface area (Å²) in [5.41, 5.74) is 7.02. The summed E-state index contributed by atoms with van der Waals surface area (Å²) in [5, 5.41) is 0. The fourth-order valence-corrected chi connectivity index (χ4v) is 1.56. The molecule has 0 bridgehead atoms. The molecule has 1 aromatic rings. The number of hydrogen-bond acceptors (Lipinski definition) is 3. The van der Waals surface area contributed by atoms with Gasteiger partial charge < -0.3 is 10.6 Å². The predicted molar refractivity (Wildman–Crippen MR) is 53.7 cm³/mol. The summed E-state index contributed by atoms with van der Waals surface area (Å²) in [6.45, 7) is 4.24. The van der Waals surface area contributed by atoms with Crippen LogP contribution in [0.5, 0.6) is 0 Å². The molecule has 70 valence electrons.